The van der Waals surface area contributed by atoms with Crippen LogP contribution in [0.15, 0.2) is 48.5 Å². The molecule has 7 nitrogen and oxygen atoms in total. The topological polar surface area (TPSA) is 97.1 Å². The van der Waals surface area contributed by atoms with Gasteiger partial charge in [0.2, 0.25) is 12.7 Å². The summed E-state index contributed by atoms with van der Waals surface area (Å²) < 4.78 is 10.9. The van der Waals surface area contributed by atoms with Gasteiger partial charge < -0.3 is 14.8 Å². The fourth-order valence-corrected chi connectivity index (χ4v) is 3.50. The molecule has 0 saturated heterocycles. The zero-order chi connectivity index (χ0) is 21.8. The minimum absolute atomic E-state index is 0.152. The molecule has 1 aromatic heterocycles. The summed E-state index contributed by atoms with van der Waals surface area (Å²) in [5.41, 5.74) is 2.10. The molecule has 3 aromatic rings. The Labute approximate surface area is 180 Å². The van der Waals surface area contributed by atoms with Crippen LogP contribution in [0.4, 0.5) is 5.82 Å². The van der Waals surface area contributed by atoms with E-state index in [0.29, 0.717) is 41.4 Å². The second-order valence-electron chi connectivity index (χ2n) is 7.17. The number of carbonyl (C=O) groups is 1. The third kappa shape index (κ3) is 4.05. The van der Waals surface area contributed by atoms with E-state index < -0.39 is 0 Å². The molecule has 0 unspecified atom stereocenters. The predicted octanol–water partition coefficient (Wildman–Crippen LogP) is 4.79. The SMILES string of the molecule is CCC(CC)C(=O)Nc1nc(-c2ccccc2)nc(-c2ccc3c(c2)OCO3)c1C#N. The average molecular weight is 414 g/mol. The lowest BCUT2D eigenvalue weighted by molar-refractivity contribution is -0.120. The Hall–Kier alpha value is -3.92. The molecule has 2 heterocycles. The molecular weight excluding hydrogens is 392 g/mol. The Morgan fingerprint density at radius 1 is 1.06 bits per heavy atom. The summed E-state index contributed by atoms with van der Waals surface area (Å²) in [6.45, 7) is 4.08. The van der Waals surface area contributed by atoms with E-state index in [4.69, 9.17) is 9.47 Å². The number of ether oxygens (including phenoxy) is 2. The maximum absolute atomic E-state index is 12.8. The molecule has 0 bridgehead atoms. The number of hydrogen-bond acceptors (Lipinski definition) is 6. The first kappa shape index (κ1) is 20.4. The van der Waals surface area contributed by atoms with Crippen molar-refractivity contribution in [3.63, 3.8) is 0 Å². The Morgan fingerprint density at radius 2 is 1.81 bits per heavy atom. The highest BCUT2D eigenvalue weighted by Crippen LogP contribution is 2.37. The van der Waals surface area contributed by atoms with Crippen molar-refractivity contribution in [1.29, 1.82) is 5.26 Å². The van der Waals surface area contributed by atoms with Crippen LogP contribution in [0.2, 0.25) is 0 Å². The van der Waals surface area contributed by atoms with Crippen LogP contribution in [-0.2, 0) is 4.79 Å². The quantitative estimate of drug-likeness (QED) is 0.623. The Bertz CT molecular complexity index is 1150. The van der Waals surface area contributed by atoms with E-state index in [9.17, 15) is 10.1 Å². The monoisotopic (exact) mass is 414 g/mol. The third-order valence-corrected chi connectivity index (χ3v) is 5.30. The van der Waals surface area contributed by atoms with Crippen LogP contribution in [-0.4, -0.2) is 22.7 Å². The molecule has 156 valence electrons. The van der Waals surface area contributed by atoms with E-state index >= 15 is 0 Å². The van der Waals surface area contributed by atoms with E-state index in [1.165, 1.54) is 0 Å². The van der Waals surface area contributed by atoms with Gasteiger partial charge in [-0.3, -0.25) is 4.79 Å². The van der Waals surface area contributed by atoms with E-state index in [-0.39, 0.29) is 30.0 Å². The lowest BCUT2D eigenvalue weighted by Gasteiger charge is -2.16. The minimum atomic E-state index is -0.157. The number of hydrogen-bond donors (Lipinski definition) is 1. The fraction of sp³-hybridized carbons (Fsp3) is 0.250. The minimum Gasteiger partial charge on any atom is -0.454 e. The lowest BCUT2D eigenvalue weighted by atomic mass is 10.0. The molecule has 1 N–H and O–H groups in total. The van der Waals surface area contributed by atoms with E-state index in [1.54, 1.807) is 12.1 Å². The molecule has 1 aliphatic rings. The van der Waals surface area contributed by atoms with Crippen LogP contribution < -0.4 is 14.8 Å². The highest BCUT2D eigenvalue weighted by molar-refractivity contribution is 5.94. The van der Waals surface area contributed by atoms with Gasteiger partial charge in [-0.15, -0.1) is 0 Å². The zero-order valence-corrected chi connectivity index (χ0v) is 17.4. The molecular formula is C24H22N4O3. The van der Waals surface area contributed by atoms with Crippen LogP contribution in [0.25, 0.3) is 22.6 Å². The molecule has 0 radical (unpaired) electrons. The second-order valence-corrected chi connectivity index (χ2v) is 7.17. The zero-order valence-electron chi connectivity index (χ0n) is 17.4. The normalized spacial score (nSPS) is 11.9. The molecule has 0 saturated carbocycles. The molecule has 1 aliphatic heterocycles. The summed E-state index contributed by atoms with van der Waals surface area (Å²) in [6.07, 6.45) is 1.41. The van der Waals surface area contributed by atoms with Gasteiger partial charge in [-0.1, -0.05) is 44.2 Å². The number of anilines is 1. The smallest absolute Gasteiger partial charge is 0.231 e. The molecule has 2 aromatic carbocycles. The number of amides is 1. The van der Waals surface area contributed by atoms with Crippen LogP contribution in [0, 0.1) is 17.2 Å². The van der Waals surface area contributed by atoms with Crippen LogP contribution in [0.3, 0.4) is 0 Å². The first-order chi connectivity index (χ1) is 15.1. The molecule has 0 aliphatic carbocycles. The predicted molar refractivity (Wildman–Crippen MR) is 116 cm³/mol. The first-order valence-electron chi connectivity index (χ1n) is 10.2. The van der Waals surface area contributed by atoms with Crippen LogP contribution in [0.5, 0.6) is 11.5 Å². The molecule has 7 heteroatoms. The van der Waals surface area contributed by atoms with Gasteiger partial charge in [0.1, 0.15) is 11.6 Å². The van der Waals surface area contributed by atoms with Crippen molar-refractivity contribution in [2.45, 2.75) is 26.7 Å². The molecule has 0 atom stereocenters. The number of aromatic nitrogens is 2. The van der Waals surface area contributed by atoms with E-state index in [2.05, 4.69) is 21.4 Å². The highest BCUT2D eigenvalue weighted by Gasteiger charge is 2.23. The average Bonchev–Trinajstić information content (AvgIpc) is 3.28. The summed E-state index contributed by atoms with van der Waals surface area (Å²) >= 11 is 0. The summed E-state index contributed by atoms with van der Waals surface area (Å²) in [7, 11) is 0. The lowest BCUT2D eigenvalue weighted by Crippen LogP contribution is -2.23. The third-order valence-electron chi connectivity index (χ3n) is 5.30. The Morgan fingerprint density at radius 3 is 2.52 bits per heavy atom. The van der Waals surface area contributed by atoms with Gasteiger partial charge in [0, 0.05) is 17.0 Å². The van der Waals surface area contributed by atoms with Crippen molar-refractivity contribution in [2.24, 2.45) is 5.92 Å². The number of fused-ring (bicyclic) bond motifs is 1. The summed E-state index contributed by atoms with van der Waals surface area (Å²) in [4.78, 5) is 22.0. The largest absolute Gasteiger partial charge is 0.454 e. The number of nitrogens with zero attached hydrogens (tertiary/aromatic N) is 3. The number of nitrogens with one attached hydrogen (secondary N) is 1. The van der Waals surface area contributed by atoms with Crippen molar-refractivity contribution >= 4 is 11.7 Å². The standard InChI is InChI=1S/C24H22N4O3/c1-3-15(4-2)24(29)28-23-18(13-25)21(17-10-11-19-20(12-17)31-14-30-19)26-22(27-23)16-8-6-5-7-9-16/h5-12,15H,3-4,14H2,1-2H3,(H,26,27,28,29). The van der Waals surface area contributed by atoms with Gasteiger partial charge in [-0.2, -0.15) is 5.26 Å². The van der Waals surface area contributed by atoms with Crippen molar-refractivity contribution in [3.05, 3.63) is 54.1 Å². The summed E-state index contributed by atoms with van der Waals surface area (Å²) in [6, 6.07) is 17.0. The summed E-state index contributed by atoms with van der Waals surface area (Å²) in [5, 5.41) is 12.8. The number of nitriles is 1. The molecule has 0 fully saturated rings. The maximum Gasteiger partial charge on any atom is 0.231 e. The van der Waals surface area contributed by atoms with Gasteiger partial charge in [0.15, 0.2) is 23.1 Å². The van der Waals surface area contributed by atoms with E-state index in [0.717, 1.165) is 5.56 Å². The van der Waals surface area contributed by atoms with Gasteiger partial charge in [0.25, 0.3) is 0 Å². The Balaban J connectivity index is 1.87. The molecule has 1 amide bonds. The molecule has 31 heavy (non-hydrogen) atoms. The summed E-state index contributed by atoms with van der Waals surface area (Å²) in [5.74, 6) is 1.55. The van der Waals surface area contributed by atoms with Gasteiger partial charge in [0.05, 0.1) is 5.69 Å². The number of benzene rings is 2. The second kappa shape index (κ2) is 8.84. The van der Waals surface area contributed by atoms with Crippen molar-refractivity contribution < 1.29 is 14.3 Å². The number of rotatable bonds is 6. The Kier molecular flexibility index (Phi) is 5.80. The van der Waals surface area contributed by atoms with Gasteiger partial charge in [-0.05, 0) is 31.0 Å². The van der Waals surface area contributed by atoms with Crippen molar-refractivity contribution in [3.8, 4) is 40.2 Å². The molecule has 4 rings (SSSR count). The van der Waals surface area contributed by atoms with Crippen LogP contribution >= 0.6 is 0 Å². The first-order valence-corrected chi connectivity index (χ1v) is 10.2. The van der Waals surface area contributed by atoms with Gasteiger partial charge in [-0.25, -0.2) is 9.97 Å². The van der Waals surface area contributed by atoms with Crippen molar-refractivity contribution in [1.82, 2.24) is 9.97 Å². The fourth-order valence-electron chi connectivity index (χ4n) is 3.50. The van der Waals surface area contributed by atoms with Crippen molar-refractivity contribution in [2.75, 3.05) is 12.1 Å². The van der Waals surface area contributed by atoms with Gasteiger partial charge >= 0.3 is 0 Å². The maximum atomic E-state index is 12.8. The molecule has 0 spiro atoms. The highest BCUT2D eigenvalue weighted by atomic mass is 16.7. The van der Waals surface area contributed by atoms with E-state index in [1.807, 2.05) is 50.2 Å². The number of carbonyl (C=O) groups excluding carboxylic acids is 1. The van der Waals surface area contributed by atoms with Crippen LogP contribution in [0.1, 0.15) is 32.3 Å².